The van der Waals surface area contributed by atoms with E-state index in [1.807, 2.05) is 24.4 Å². The van der Waals surface area contributed by atoms with Crippen LogP contribution in [0.1, 0.15) is 31.1 Å². The molecule has 0 radical (unpaired) electrons. The van der Waals surface area contributed by atoms with Crippen LogP contribution in [0.2, 0.25) is 5.02 Å². The van der Waals surface area contributed by atoms with E-state index in [9.17, 15) is 9.59 Å². The Morgan fingerprint density at radius 1 is 1.27 bits per heavy atom. The molecule has 0 bridgehead atoms. The molecule has 7 nitrogen and oxygen atoms in total. The Balaban J connectivity index is 1.43. The molecule has 0 aliphatic heterocycles. The maximum absolute atomic E-state index is 12.1. The van der Waals surface area contributed by atoms with Crippen LogP contribution in [-0.2, 0) is 16.1 Å². The van der Waals surface area contributed by atoms with E-state index in [0.717, 1.165) is 11.3 Å². The maximum atomic E-state index is 12.1. The predicted molar refractivity (Wildman–Crippen MR) is 117 cm³/mol. The first-order chi connectivity index (χ1) is 14.4. The number of hydrogen-bond donors (Lipinski definition) is 2. The number of amides is 2. The fourth-order valence-corrected chi connectivity index (χ4v) is 3.41. The van der Waals surface area contributed by atoms with E-state index in [0.29, 0.717) is 53.4 Å². The maximum Gasteiger partial charge on any atom is 0.226 e. The number of thiazole rings is 1. The lowest BCUT2D eigenvalue weighted by molar-refractivity contribution is -0.119. The second-order valence-electron chi connectivity index (χ2n) is 6.62. The average molecular weight is 448 g/mol. The van der Waals surface area contributed by atoms with E-state index < -0.39 is 0 Å². The molecule has 2 heterocycles. The summed E-state index contributed by atoms with van der Waals surface area (Å²) in [6.07, 6.45) is 0.902. The molecule has 0 aliphatic carbocycles. The second kappa shape index (κ2) is 10.3. The zero-order valence-electron chi connectivity index (χ0n) is 16.7. The van der Waals surface area contributed by atoms with Crippen molar-refractivity contribution < 1.29 is 18.7 Å². The first-order valence-electron chi connectivity index (χ1n) is 9.38. The van der Waals surface area contributed by atoms with E-state index in [-0.39, 0.29) is 11.8 Å². The predicted octanol–water partition coefficient (Wildman–Crippen LogP) is 4.80. The Bertz CT molecular complexity index is 1030. The number of carbonyl (C=O) groups is 2. The molecule has 9 heteroatoms. The highest BCUT2D eigenvalue weighted by Crippen LogP contribution is 2.27. The number of ether oxygens (including phenoxy) is 1. The number of aryl methyl sites for hydroxylation is 1. The highest BCUT2D eigenvalue weighted by atomic mass is 35.5. The van der Waals surface area contributed by atoms with Crippen LogP contribution in [0.5, 0.6) is 5.75 Å². The Hall–Kier alpha value is -2.84. The summed E-state index contributed by atoms with van der Waals surface area (Å²) in [5.41, 5.74) is 1.58. The lowest BCUT2D eigenvalue weighted by Crippen LogP contribution is -2.18. The van der Waals surface area contributed by atoms with Crippen molar-refractivity contribution in [2.75, 3.05) is 11.9 Å². The summed E-state index contributed by atoms with van der Waals surface area (Å²) in [5.74, 6) is 1.70. The summed E-state index contributed by atoms with van der Waals surface area (Å²) in [5, 5.41) is 8.47. The summed E-state index contributed by atoms with van der Waals surface area (Å²) in [6.45, 7) is 4.11. The van der Waals surface area contributed by atoms with Gasteiger partial charge in [-0.3, -0.25) is 9.59 Å². The number of halogens is 1. The Labute approximate surface area is 183 Å². The molecular formula is C21H22ClN3O4S. The number of aromatic nitrogens is 1. The molecule has 0 spiro atoms. The number of benzene rings is 1. The lowest BCUT2D eigenvalue weighted by Gasteiger charge is -2.07. The minimum atomic E-state index is -0.127. The molecule has 158 valence electrons. The third-order valence-electron chi connectivity index (χ3n) is 4.12. The molecular weight excluding hydrogens is 426 g/mol. The van der Waals surface area contributed by atoms with Crippen molar-refractivity contribution in [1.82, 2.24) is 10.3 Å². The van der Waals surface area contributed by atoms with Gasteiger partial charge in [0.2, 0.25) is 11.8 Å². The van der Waals surface area contributed by atoms with Gasteiger partial charge in [-0.25, -0.2) is 4.98 Å². The third kappa shape index (κ3) is 6.33. The molecule has 2 aromatic heterocycles. The molecule has 0 saturated carbocycles. The zero-order valence-corrected chi connectivity index (χ0v) is 18.2. The van der Waals surface area contributed by atoms with Gasteiger partial charge in [-0.05, 0) is 49.2 Å². The quantitative estimate of drug-likeness (QED) is 0.459. The van der Waals surface area contributed by atoms with Crippen molar-refractivity contribution in [3.05, 3.63) is 52.1 Å². The molecule has 3 rings (SSSR count). The molecule has 2 N–H and O–H groups in total. The van der Waals surface area contributed by atoms with Gasteiger partial charge in [-0.15, -0.1) is 11.3 Å². The van der Waals surface area contributed by atoms with Crippen LogP contribution in [0.4, 0.5) is 5.13 Å². The topological polar surface area (TPSA) is 93.5 Å². The summed E-state index contributed by atoms with van der Waals surface area (Å²) in [6, 6.07) is 9.04. The zero-order chi connectivity index (χ0) is 21.5. The molecule has 1 aromatic carbocycles. The number of nitrogens with one attached hydrogen (secondary N) is 2. The number of nitrogens with zero attached hydrogens (tertiary/aromatic N) is 1. The molecule has 0 fully saturated rings. The minimum absolute atomic E-state index is 0.125. The number of anilines is 1. The van der Waals surface area contributed by atoms with Crippen molar-refractivity contribution in [2.24, 2.45) is 0 Å². The van der Waals surface area contributed by atoms with Crippen LogP contribution in [0, 0.1) is 6.92 Å². The van der Waals surface area contributed by atoms with Gasteiger partial charge in [0.1, 0.15) is 17.2 Å². The summed E-state index contributed by atoms with van der Waals surface area (Å²) in [4.78, 5) is 27.5. The molecule has 2 amide bonds. The van der Waals surface area contributed by atoms with Gasteiger partial charge in [0.25, 0.3) is 0 Å². The van der Waals surface area contributed by atoms with E-state index in [1.165, 1.54) is 18.3 Å². The molecule has 30 heavy (non-hydrogen) atoms. The van der Waals surface area contributed by atoms with Gasteiger partial charge < -0.3 is 19.8 Å². The first-order valence-corrected chi connectivity index (χ1v) is 10.6. The monoisotopic (exact) mass is 447 g/mol. The summed E-state index contributed by atoms with van der Waals surface area (Å²) in [7, 11) is 0. The Morgan fingerprint density at radius 3 is 2.87 bits per heavy atom. The van der Waals surface area contributed by atoms with Crippen LogP contribution >= 0.6 is 22.9 Å². The van der Waals surface area contributed by atoms with Crippen molar-refractivity contribution in [3.8, 4) is 17.2 Å². The average Bonchev–Trinajstić information content (AvgIpc) is 3.35. The van der Waals surface area contributed by atoms with Gasteiger partial charge in [0.05, 0.1) is 13.2 Å². The van der Waals surface area contributed by atoms with Crippen LogP contribution in [-0.4, -0.2) is 23.4 Å². The Morgan fingerprint density at radius 2 is 2.10 bits per heavy atom. The SMILES string of the molecule is CC(=O)NCc1ccc(-c2csc(NC(=O)CCCOc3ccc(Cl)c(C)c3)n2)o1. The lowest BCUT2D eigenvalue weighted by atomic mass is 10.2. The van der Waals surface area contributed by atoms with Crippen molar-refractivity contribution in [3.63, 3.8) is 0 Å². The number of rotatable bonds is 9. The first kappa shape index (κ1) is 21.9. The van der Waals surface area contributed by atoms with E-state index in [4.69, 9.17) is 20.8 Å². The van der Waals surface area contributed by atoms with Crippen LogP contribution in [0.15, 0.2) is 40.1 Å². The van der Waals surface area contributed by atoms with Gasteiger partial charge >= 0.3 is 0 Å². The van der Waals surface area contributed by atoms with Crippen LogP contribution in [0.3, 0.4) is 0 Å². The van der Waals surface area contributed by atoms with Crippen molar-refractivity contribution in [1.29, 1.82) is 0 Å². The standard InChI is InChI=1S/C21H22ClN3O4S/c1-13-10-15(5-7-17(13)22)28-9-3-4-20(27)25-21-24-18(12-30-21)19-8-6-16(29-19)11-23-14(2)26/h5-8,10,12H,3-4,9,11H2,1-2H3,(H,23,26)(H,24,25,27). The van der Waals surface area contributed by atoms with Crippen LogP contribution < -0.4 is 15.4 Å². The number of hydrogen-bond acceptors (Lipinski definition) is 6. The summed E-state index contributed by atoms with van der Waals surface area (Å²) < 4.78 is 11.3. The number of furan rings is 1. The van der Waals surface area contributed by atoms with Crippen molar-refractivity contribution >= 4 is 39.9 Å². The molecule has 0 saturated heterocycles. The van der Waals surface area contributed by atoms with Crippen molar-refractivity contribution in [2.45, 2.75) is 33.2 Å². The third-order valence-corrected chi connectivity index (χ3v) is 5.30. The van der Waals surface area contributed by atoms with E-state index in [2.05, 4.69) is 15.6 Å². The second-order valence-corrected chi connectivity index (χ2v) is 7.89. The minimum Gasteiger partial charge on any atom is -0.494 e. The van der Waals surface area contributed by atoms with Gasteiger partial charge in [-0.1, -0.05) is 11.6 Å². The molecule has 3 aromatic rings. The van der Waals surface area contributed by atoms with Crippen LogP contribution in [0.25, 0.3) is 11.5 Å². The molecule has 0 atom stereocenters. The fraction of sp³-hybridized carbons (Fsp3) is 0.286. The molecule has 0 aliphatic rings. The largest absolute Gasteiger partial charge is 0.494 e. The number of carbonyl (C=O) groups excluding carboxylic acids is 2. The Kier molecular flexibility index (Phi) is 7.48. The van der Waals surface area contributed by atoms with Gasteiger partial charge in [-0.2, -0.15) is 0 Å². The molecule has 0 unspecified atom stereocenters. The highest BCUT2D eigenvalue weighted by Gasteiger charge is 2.11. The van der Waals surface area contributed by atoms with Gasteiger partial charge in [0.15, 0.2) is 10.9 Å². The smallest absolute Gasteiger partial charge is 0.226 e. The highest BCUT2D eigenvalue weighted by molar-refractivity contribution is 7.14. The van der Waals surface area contributed by atoms with E-state index in [1.54, 1.807) is 18.2 Å². The van der Waals surface area contributed by atoms with E-state index >= 15 is 0 Å². The van der Waals surface area contributed by atoms with Gasteiger partial charge in [0, 0.05) is 23.7 Å². The normalized spacial score (nSPS) is 10.6. The fourth-order valence-electron chi connectivity index (χ4n) is 2.58. The summed E-state index contributed by atoms with van der Waals surface area (Å²) >= 11 is 7.32.